The van der Waals surface area contributed by atoms with E-state index in [-0.39, 0.29) is 31.1 Å². The molecule has 0 rings (SSSR count). The summed E-state index contributed by atoms with van der Waals surface area (Å²) in [7, 11) is 0. The first-order valence-corrected chi connectivity index (χ1v) is 28.4. The van der Waals surface area contributed by atoms with Crippen LogP contribution < -0.4 is 0 Å². The Balaban J connectivity index is 4.08. The Morgan fingerprint density at radius 1 is 0.302 bits per heavy atom. The highest BCUT2D eigenvalue weighted by atomic mass is 16.6. The number of rotatable bonds is 52. The molecule has 0 aliphatic rings. The summed E-state index contributed by atoms with van der Waals surface area (Å²) in [6, 6.07) is 0. The highest BCUT2D eigenvalue weighted by molar-refractivity contribution is 5.71. The molecule has 0 saturated carbocycles. The minimum Gasteiger partial charge on any atom is -0.462 e. The van der Waals surface area contributed by atoms with Crippen LogP contribution in [0, 0.1) is 5.92 Å². The summed E-state index contributed by atoms with van der Waals surface area (Å²) in [6.07, 6.45) is 55.4. The maximum Gasteiger partial charge on any atom is 0.306 e. The van der Waals surface area contributed by atoms with Gasteiger partial charge in [0.15, 0.2) is 6.10 Å². The first kappa shape index (κ1) is 61.4. The van der Waals surface area contributed by atoms with Crippen LogP contribution in [-0.2, 0) is 28.6 Å². The van der Waals surface area contributed by atoms with Gasteiger partial charge in [-0.05, 0) is 25.2 Å². The lowest BCUT2D eigenvalue weighted by molar-refractivity contribution is -0.167. The predicted octanol–water partition coefficient (Wildman–Crippen LogP) is 18.6. The molecule has 0 fully saturated rings. The van der Waals surface area contributed by atoms with Crippen molar-refractivity contribution in [1.29, 1.82) is 0 Å². The molecule has 0 aliphatic carbocycles. The Bertz CT molecular complexity index is 949. The maximum absolute atomic E-state index is 12.7. The average molecular weight is 892 g/mol. The Labute approximate surface area is 393 Å². The highest BCUT2D eigenvalue weighted by Gasteiger charge is 2.19. The lowest BCUT2D eigenvalue weighted by atomic mass is 10.0. The second kappa shape index (κ2) is 51.4. The van der Waals surface area contributed by atoms with Gasteiger partial charge < -0.3 is 14.2 Å². The lowest BCUT2D eigenvalue weighted by Gasteiger charge is -2.18. The predicted molar refractivity (Wildman–Crippen MR) is 270 cm³/mol. The zero-order chi connectivity index (χ0) is 45.9. The van der Waals surface area contributed by atoms with Crippen molar-refractivity contribution in [2.75, 3.05) is 13.2 Å². The molecule has 0 N–H and O–H groups in total. The van der Waals surface area contributed by atoms with Crippen molar-refractivity contribution in [3.63, 3.8) is 0 Å². The molecule has 63 heavy (non-hydrogen) atoms. The summed E-state index contributed by atoms with van der Waals surface area (Å²) >= 11 is 0. The normalized spacial score (nSPS) is 12.0. The molecular formula is C57H110O6. The molecule has 0 bridgehead atoms. The van der Waals surface area contributed by atoms with Gasteiger partial charge in [0.2, 0.25) is 0 Å². The van der Waals surface area contributed by atoms with Crippen molar-refractivity contribution >= 4 is 17.9 Å². The molecular weight excluding hydrogens is 781 g/mol. The van der Waals surface area contributed by atoms with Crippen LogP contribution in [0.2, 0.25) is 0 Å². The number of carbonyl (C=O) groups is 3. The van der Waals surface area contributed by atoms with E-state index in [1.54, 1.807) is 0 Å². The summed E-state index contributed by atoms with van der Waals surface area (Å²) in [5.41, 5.74) is 0. The quantitative estimate of drug-likeness (QED) is 0.0344. The van der Waals surface area contributed by atoms with Crippen LogP contribution in [0.5, 0.6) is 0 Å². The number of esters is 3. The van der Waals surface area contributed by atoms with Crippen LogP contribution in [-0.4, -0.2) is 37.2 Å². The highest BCUT2D eigenvalue weighted by Crippen LogP contribution is 2.18. The van der Waals surface area contributed by atoms with Crippen molar-refractivity contribution < 1.29 is 28.6 Å². The summed E-state index contributed by atoms with van der Waals surface area (Å²) in [4.78, 5) is 37.9. The number of ether oxygens (including phenoxy) is 3. The van der Waals surface area contributed by atoms with E-state index in [9.17, 15) is 14.4 Å². The fourth-order valence-electron chi connectivity index (χ4n) is 8.75. The summed E-state index contributed by atoms with van der Waals surface area (Å²) < 4.78 is 16.8. The summed E-state index contributed by atoms with van der Waals surface area (Å²) in [5, 5.41) is 0. The van der Waals surface area contributed by atoms with Gasteiger partial charge in [-0.3, -0.25) is 14.4 Å². The molecule has 0 aromatic rings. The fourth-order valence-corrected chi connectivity index (χ4v) is 8.75. The van der Waals surface area contributed by atoms with E-state index in [4.69, 9.17) is 14.2 Å². The van der Waals surface area contributed by atoms with Crippen LogP contribution in [0.3, 0.4) is 0 Å². The molecule has 0 aliphatic heterocycles. The molecule has 0 aromatic heterocycles. The Morgan fingerprint density at radius 3 is 0.778 bits per heavy atom. The minimum atomic E-state index is -0.760. The second-order valence-corrected chi connectivity index (χ2v) is 20.1. The van der Waals surface area contributed by atoms with Gasteiger partial charge in [-0.1, -0.05) is 285 Å². The van der Waals surface area contributed by atoms with E-state index >= 15 is 0 Å². The molecule has 1 atom stereocenters. The van der Waals surface area contributed by atoms with E-state index < -0.39 is 6.10 Å². The largest absolute Gasteiger partial charge is 0.462 e. The topological polar surface area (TPSA) is 78.9 Å². The summed E-state index contributed by atoms with van der Waals surface area (Å²) in [5.74, 6) is 0.0137. The molecule has 6 nitrogen and oxygen atoms in total. The first-order valence-electron chi connectivity index (χ1n) is 28.4. The van der Waals surface area contributed by atoms with Crippen LogP contribution in [0.1, 0.15) is 323 Å². The minimum absolute atomic E-state index is 0.0628. The van der Waals surface area contributed by atoms with Gasteiger partial charge in [0.1, 0.15) is 13.2 Å². The van der Waals surface area contributed by atoms with Crippen LogP contribution in [0.25, 0.3) is 0 Å². The van der Waals surface area contributed by atoms with Crippen molar-refractivity contribution in [1.82, 2.24) is 0 Å². The monoisotopic (exact) mass is 891 g/mol. The number of hydrogen-bond acceptors (Lipinski definition) is 6. The Hall–Kier alpha value is -1.59. The third-order valence-electron chi connectivity index (χ3n) is 13.0. The molecule has 0 radical (unpaired) electrons. The second-order valence-electron chi connectivity index (χ2n) is 20.1. The number of carbonyl (C=O) groups excluding carboxylic acids is 3. The molecule has 0 amide bonds. The Morgan fingerprint density at radius 2 is 0.524 bits per heavy atom. The smallest absolute Gasteiger partial charge is 0.306 e. The number of hydrogen-bond donors (Lipinski definition) is 0. The zero-order valence-electron chi connectivity index (χ0n) is 43.0. The van der Waals surface area contributed by atoms with E-state index in [0.717, 1.165) is 63.7 Å². The summed E-state index contributed by atoms with van der Waals surface area (Å²) in [6.45, 7) is 9.03. The van der Waals surface area contributed by atoms with E-state index in [0.29, 0.717) is 19.3 Å². The molecule has 374 valence electrons. The fraction of sp³-hybridized carbons (Fsp3) is 0.947. The third kappa shape index (κ3) is 51.3. The molecule has 0 aromatic carbocycles. The van der Waals surface area contributed by atoms with Gasteiger partial charge in [0.05, 0.1) is 0 Å². The van der Waals surface area contributed by atoms with Crippen molar-refractivity contribution in [2.45, 2.75) is 329 Å². The third-order valence-corrected chi connectivity index (χ3v) is 13.0. The molecule has 0 saturated heterocycles. The van der Waals surface area contributed by atoms with Crippen LogP contribution in [0.15, 0.2) is 0 Å². The standard InChI is InChI=1S/C57H110O6/c1-5-7-9-11-13-14-15-16-17-20-24-27-30-33-37-40-44-48-55(58)61-51-54(63-57(60)50-46-42-35-12-10-8-6-2)52-62-56(59)49-45-41-38-34-31-28-25-22-19-18-21-23-26-29-32-36-39-43-47-53(3)4/h53-54H,5-52H2,1-4H3/t54-/m0/s1. The van der Waals surface area contributed by atoms with Crippen molar-refractivity contribution in [3.05, 3.63) is 0 Å². The first-order chi connectivity index (χ1) is 30.9. The van der Waals surface area contributed by atoms with Crippen LogP contribution in [0.4, 0.5) is 0 Å². The number of unbranched alkanes of at least 4 members (excludes halogenated alkanes) is 39. The SMILES string of the molecule is CCCCCCCCCCCCCCCCCCCC(=O)OC[C@@H](COC(=O)CCCCCCCCCCCCCCCCCCCCC(C)C)OC(=O)CCCCCCCCC. The van der Waals surface area contributed by atoms with Gasteiger partial charge >= 0.3 is 17.9 Å². The van der Waals surface area contributed by atoms with E-state index in [1.165, 1.54) is 218 Å². The van der Waals surface area contributed by atoms with Crippen molar-refractivity contribution in [2.24, 2.45) is 5.92 Å². The molecule has 0 spiro atoms. The molecule has 0 heterocycles. The van der Waals surface area contributed by atoms with Crippen molar-refractivity contribution in [3.8, 4) is 0 Å². The van der Waals surface area contributed by atoms with Gasteiger partial charge in [-0.2, -0.15) is 0 Å². The van der Waals surface area contributed by atoms with E-state index in [2.05, 4.69) is 27.7 Å². The molecule has 0 unspecified atom stereocenters. The van der Waals surface area contributed by atoms with Gasteiger partial charge in [-0.25, -0.2) is 0 Å². The van der Waals surface area contributed by atoms with Gasteiger partial charge in [-0.15, -0.1) is 0 Å². The van der Waals surface area contributed by atoms with Crippen LogP contribution >= 0.6 is 0 Å². The van der Waals surface area contributed by atoms with Gasteiger partial charge in [0, 0.05) is 19.3 Å². The van der Waals surface area contributed by atoms with Gasteiger partial charge in [0.25, 0.3) is 0 Å². The Kier molecular flexibility index (Phi) is 50.1. The van der Waals surface area contributed by atoms with E-state index in [1.807, 2.05) is 0 Å². The maximum atomic E-state index is 12.7. The lowest BCUT2D eigenvalue weighted by Crippen LogP contribution is -2.30. The zero-order valence-corrected chi connectivity index (χ0v) is 43.0. The average Bonchev–Trinajstić information content (AvgIpc) is 3.27. The molecule has 6 heteroatoms.